The van der Waals surface area contributed by atoms with Crippen LogP contribution in [0, 0.1) is 21.4 Å². The van der Waals surface area contributed by atoms with Crippen molar-refractivity contribution < 1.29 is 14.5 Å². The Hall–Kier alpha value is -3.03. The van der Waals surface area contributed by atoms with E-state index in [0.29, 0.717) is 22.9 Å². The Labute approximate surface area is 175 Å². The molecule has 2 aromatic carbocycles. The summed E-state index contributed by atoms with van der Waals surface area (Å²) >= 11 is 2.78. The van der Waals surface area contributed by atoms with Crippen molar-refractivity contribution in [2.75, 3.05) is 22.7 Å². The first-order valence-corrected chi connectivity index (χ1v) is 10.7. The topological polar surface area (TPSA) is 116 Å². The van der Waals surface area contributed by atoms with Crippen LogP contribution in [0.4, 0.5) is 11.4 Å². The van der Waals surface area contributed by atoms with Crippen molar-refractivity contribution in [2.45, 2.75) is 10.9 Å². The highest BCUT2D eigenvalue weighted by molar-refractivity contribution is 8.00. The molecule has 1 saturated heterocycles. The molecule has 1 atom stereocenters. The summed E-state index contributed by atoms with van der Waals surface area (Å²) in [6.07, 6.45) is 0. The first kappa shape index (κ1) is 20.7. The number of nitro groups is 1. The van der Waals surface area contributed by atoms with Crippen LogP contribution in [-0.2, 0) is 9.59 Å². The minimum absolute atomic E-state index is 0.00356. The van der Waals surface area contributed by atoms with E-state index in [1.54, 1.807) is 41.3 Å². The maximum absolute atomic E-state index is 12.6. The van der Waals surface area contributed by atoms with Gasteiger partial charge in [0, 0.05) is 28.5 Å². The van der Waals surface area contributed by atoms with Gasteiger partial charge in [-0.15, -0.1) is 23.5 Å². The predicted molar refractivity (Wildman–Crippen MR) is 112 cm³/mol. The molecule has 0 aromatic heterocycles. The molecule has 1 aliphatic heterocycles. The number of hydrogen-bond acceptors (Lipinski definition) is 7. The monoisotopic (exact) mass is 428 g/mol. The summed E-state index contributed by atoms with van der Waals surface area (Å²) in [5.41, 5.74) is 1.06. The van der Waals surface area contributed by atoms with Crippen molar-refractivity contribution in [3.63, 3.8) is 0 Å². The van der Waals surface area contributed by atoms with Crippen LogP contribution >= 0.6 is 23.5 Å². The Kier molecular flexibility index (Phi) is 6.74. The lowest BCUT2D eigenvalue weighted by Crippen LogP contribution is -2.45. The minimum Gasteiger partial charge on any atom is -0.324 e. The van der Waals surface area contributed by atoms with Gasteiger partial charge in [0.15, 0.2) is 0 Å². The van der Waals surface area contributed by atoms with Crippen LogP contribution < -0.4 is 5.32 Å². The Morgan fingerprint density at radius 3 is 2.55 bits per heavy atom. The zero-order valence-corrected chi connectivity index (χ0v) is 16.7. The van der Waals surface area contributed by atoms with Crippen LogP contribution in [0.2, 0.25) is 0 Å². The van der Waals surface area contributed by atoms with E-state index in [1.165, 1.54) is 35.7 Å². The van der Waals surface area contributed by atoms with Gasteiger partial charge in [0.1, 0.15) is 6.04 Å². The van der Waals surface area contributed by atoms with E-state index < -0.39 is 11.0 Å². The number of amides is 2. The van der Waals surface area contributed by atoms with Crippen LogP contribution in [0.5, 0.6) is 0 Å². The second kappa shape index (κ2) is 9.45. The van der Waals surface area contributed by atoms with E-state index >= 15 is 0 Å². The summed E-state index contributed by atoms with van der Waals surface area (Å²) in [6, 6.07) is 14.0. The van der Waals surface area contributed by atoms with Gasteiger partial charge in [0.05, 0.1) is 28.2 Å². The highest BCUT2D eigenvalue weighted by Gasteiger charge is 2.34. The van der Waals surface area contributed by atoms with Gasteiger partial charge in [-0.1, -0.05) is 0 Å². The molecule has 8 nitrogen and oxygen atoms in total. The van der Waals surface area contributed by atoms with Gasteiger partial charge in [-0.2, -0.15) is 5.26 Å². The van der Waals surface area contributed by atoms with E-state index in [0.717, 1.165) is 4.90 Å². The summed E-state index contributed by atoms with van der Waals surface area (Å²) < 4.78 is 0. The average Bonchev–Trinajstić information content (AvgIpc) is 3.23. The lowest BCUT2D eigenvalue weighted by atomic mass is 10.2. The van der Waals surface area contributed by atoms with Crippen molar-refractivity contribution in [2.24, 2.45) is 0 Å². The van der Waals surface area contributed by atoms with Gasteiger partial charge >= 0.3 is 0 Å². The van der Waals surface area contributed by atoms with Crippen LogP contribution in [-0.4, -0.2) is 45.1 Å². The van der Waals surface area contributed by atoms with Gasteiger partial charge in [-0.25, -0.2) is 0 Å². The number of nitro benzene ring substituents is 1. The molecule has 2 aromatic rings. The van der Waals surface area contributed by atoms with Crippen LogP contribution in [0.1, 0.15) is 5.56 Å². The molecule has 148 valence electrons. The molecule has 0 aliphatic carbocycles. The second-order valence-corrected chi connectivity index (χ2v) is 8.15. The molecule has 1 heterocycles. The Balaban J connectivity index is 1.57. The van der Waals surface area contributed by atoms with E-state index in [-0.39, 0.29) is 23.3 Å². The number of nitriles is 1. The zero-order valence-electron chi connectivity index (χ0n) is 15.1. The Bertz CT molecular complexity index is 958. The van der Waals surface area contributed by atoms with Gasteiger partial charge < -0.3 is 10.2 Å². The summed E-state index contributed by atoms with van der Waals surface area (Å²) in [7, 11) is 0. The van der Waals surface area contributed by atoms with Gasteiger partial charge in [0.2, 0.25) is 11.8 Å². The smallest absolute Gasteiger partial charge is 0.269 e. The van der Waals surface area contributed by atoms with Crippen LogP contribution in [0.25, 0.3) is 0 Å². The number of carbonyl (C=O) groups excluding carboxylic acids is 2. The first-order chi connectivity index (χ1) is 14.0. The van der Waals surface area contributed by atoms with E-state index in [1.807, 2.05) is 6.07 Å². The number of nitrogens with zero attached hydrogens (tertiary/aromatic N) is 3. The third-order valence-electron chi connectivity index (χ3n) is 4.20. The highest BCUT2D eigenvalue weighted by atomic mass is 32.2. The number of benzene rings is 2. The maximum atomic E-state index is 12.6. The molecule has 1 N–H and O–H groups in total. The number of thioether (sulfide) groups is 2. The third-order valence-corrected chi connectivity index (χ3v) is 6.21. The van der Waals surface area contributed by atoms with Crippen LogP contribution in [0.15, 0.2) is 53.4 Å². The molecule has 0 bridgehead atoms. The second-order valence-electron chi connectivity index (χ2n) is 6.10. The summed E-state index contributed by atoms with van der Waals surface area (Å²) in [4.78, 5) is 37.7. The molecule has 1 unspecified atom stereocenters. The Morgan fingerprint density at radius 1 is 1.24 bits per heavy atom. The summed E-state index contributed by atoms with van der Waals surface area (Å²) in [5, 5.41) is 22.3. The summed E-state index contributed by atoms with van der Waals surface area (Å²) in [5.74, 6) is 0.645. The van der Waals surface area contributed by atoms with E-state index in [2.05, 4.69) is 5.32 Å². The fourth-order valence-corrected chi connectivity index (χ4v) is 4.62. The zero-order chi connectivity index (χ0) is 20.8. The molecule has 10 heteroatoms. The minimum atomic E-state index is -0.569. The standard InChI is InChI=1S/C19H16N4O4S2/c20-9-13-1-3-14(4-2-13)21-19(25)17-10-28-12-22(17)18(24)11-29-16-7-5-15(6-8-16)23(26)27/h1-8,17H,10-12H2,(H,21,25). The number of hydrogen-bond donors (Lipinski definition) is 1. The van der Waals surface area contributed by atoms with Crippen molar-refractivity contribution in [1.29, 1.82) is 5.26 Å². The van der Waals surface area contributed by atoms with Crippen molar-refractivity contribution in [1.82, 2.24) is 4.90 Å². The molecular weight excluding hydrogens is 412 g/mol. The average molecular weight is 428 g/mol. The molecule has 1 fully saturated rings. The fraction of sp³-hybridized carbons (Fsp3) is 0.211. The molecule has 3 rings (SSSR count). The van der Waals surface area contributed by atoms with E-state index in [9.17, 15) is 19.7 Å². The number of nitrogens with one attached hydrogen (secondary N) is 1. The van der Waals surface area contributed by atoms with E-state index in [4.69, 9.17) is 5.26 Å². The molecule has 29 heavy (non-hydrogen) atoms. The largest absolute Gasteiger partial charge is 0.324 e. The maximum Gasteiger partial charge on any atom is 0.269 e. The first-order valence-electron chi connectivity index (χ1n) is 8.53. The molecule has 2 amide bonds. The number of anilines is 1. The third kappa shape index (κ3) is 5.28. The molecule has 0 spiro atoms. The normalized spacial score (nSPS) is 15.6. The van der Waals surface area contributed by atoms with Gasteiger partial charge in [-0.05, 0) is 36.4 Å². The number of carbonyl (C=O) groups is 2. The number of rotatable bonds is 6. The van der Waals surface area contributed by atoms with Gasteiger partial charge in [-0.3, -0.25) is 19.7 Å². The lowest BCUT2D eigenvalue weighted by Gasteiger charge is -2.23. The predicted octanol–water partition coefficient (Wildman–Crippen LogP) is 3.10. The molecule has 0 saturated carbocycles. The Morgan fingerprint density at radius 2 is 1.93 bits per heavy atom. The summed E-state index contributed by atoms with van der Waals surface area (Å²) in [6.45, 7) is 0. The quantitative estimate of drug-likeness (QED) is 0.427. The van der Waals surface area contributed by atoms with Gasteiger partial charge in [0.25, 0.3) is 5.69 Å². The van der Waals surface area contributed by atoms with Crippen molar-refractivity contribution in [3.05, 3.63) is 64.2 Å². The van der Waals surface area contributed by atoms with Crippen molar-refractivity contribution in [3.8, 4) is 6.07 Å². The fourth-order valence-electron chi connectivity index (χ4n) is 2.65. The molecular formula is C19H16N4O4S2. The lowest BCUT2D eigenvalue weighted by molar-refractivity contribution is -0.384. The van der Waals surface area contributed by atoms with Crippen LogP contribution in [0.3, 0.4) is 0 Å². The number of non-ortho nitro benzene ring substituents is 1. The van der Waals surface area contributed by atoms with Crippen molar-refractivity contribution >= 4 is 46.7 Å². The SMILES string of the molecule is N#Cc1ccc(NC(=O)C2CSCN2C(=O)CSc2ccc([N+](=O)[O-])cc2)cc1. The highest BCUT2D eigenvalue weighted by Crippen LogP contribution is 2.26. The molecule has 1 aliphatic rings. The molecule has 0 radical (unpaired) electrons.